The number of hydrogen-bond donors (Lipinski definition) is 2. The molecule has 2 rings (SSSR count). The summed E-state index contributed by atoms with van der Waals surface area (Å²) in [5, 5.41) is 17.6. The fraction of sp³-hybridized carbons (Fsp3) is 0.778. The molecule has 1 saturated carbocycles. The van der Waals surface area contributed by atoms with Crippen molar-refractivity contribution in [2.24, 2.45) is 5.73 Å². The first-order chi connectivity index (χ1) is 6.68. The van der Waals surface area contributed by atoms with Crippen molar-refractivity contribution in [2.75, 3.05) is 0 Å². The predicted octanol–water partition coefficient (Wildman–Crippen LogP) is 0.384. The molecular weight excluding hydrogens is 180 g/mol. The maximum atomic E-state index is 9.67. The van der Waals surface area contributed by atoms with Gasteiger partial charge in [-0.2, -0.15) is 0 Å². The molecule has 1 aromatic heterocycles. The number of hydrogen-bond acceptors (Lipinski definition) is 4. The zero-order valence-corrected chi connectivity index (χ0v) is 8.30. The number of aliphatic hydroxyl groups excluding tert-OH is 1. The van der Waals surface area contributed by atoms with E-state index in [1.165, 1.54) is 0 Å². The van der Waals surface area contributed by atoms with Crippen LogP contribution in [-0.4, -0.2) is 26.2 Å². The molecule has 0 aliphatic heterocycles. The second-order valence-electron chi connectivity index (χ2n) is 3.98. The SMILES string of the molecule is CC(N)c1cn(C2CCCC2O)nn1. The minimum Gasteiger partial charge on any atom is -0.391 e. The Morgan fingerprint density at radius 3 is 2.93 bits per heavy atom. The molecule has 0 saturated heterocycles. The molecule has 0 radical (unpaired) electrons. The van der Waals surface area contributed by atoms with E-state index in [1.54, 1.807) is 4.68 Å². The van der Waals surface area contributed by atoms with Gasteiger partial charge in [0.15, 0.2) is 0 Å². The van der Waals surface area contributed by atoms with Gasteiger partial charge in [0.05, 0.1) is 24.0 Å². The van der Waals surface area contributed by atoms with E-state index in [9.17, 15) is 5.11 Å². The maximum absolute atomic E-state index is 9.67. The minimum atomic E-state index is -0.280. The van der Waals surface area contributed by atoms with Crippen molar-refractivity contribution in [3.63, 3.8) is 0 Å². The molecule has 3 unspecified atom stereocenters. The highest BCUT2D eigenvalue weighted by molar-refractivity contribution is 4.99. The largest absolute Gasteiger partial charge is 0.391 e. The Morgan fingerprint density at radius 2 is 2.43 bits per heavy atom. The van der Waals surface area contributed by atoms with Gasteiger partial charge in [-0.15, -0.1) is 5.10 Å². The van der Waals surface area contributed by atoms with Crippen molar-refractivity contribution in [3.05, 3.63) is 11.9 Å². The van der Waals surface area contributed by atoms with E-state index in [0.29, 0.717) is 0 Å². The highest BCUT2D eigenvalue weighted by Crippen LogP contribution is 2.29. The summed E-state index contributed by atoms with van der Waals surface area (Å²) in [6.45, 7) is 1.87. The summed E-state index contributed by atoms with van der Waals surface area (Å²) in [7, 11) is 0. The molecule has 78 valence electrons. The van der Waals surface area contributed by atoms with Crippen molar-refractivity contribution in [1.82, 2.24) is 15.0 Å². The van der Waals surface area contributed by atoms with E-state index < -0.39 is 0 Å². The van der Waals surface area contributed by atoms with Gasteiger partial charge in [0.1, 0.15) is 0 Å². The number of aromatic nitrogens is 3. The highest BCUT2D eigenvalue weighted by Gasteiger charge is 2.27. The molecular formula is C9H16N4O. The summed E-state index contributed by atoms with van der Waals surface area (Å²) in [5.74, 6) is 0. The Bertz CT molecular complexity index is 310. The Morgan fingerprint density at radius 1 is 1.64 bits per heavy atom. The molecule has 14 heavy (non-hydrogen) atoms. The second kappa shape index (κ2) is 3.67. The molecule has 1 aliphatic carbocycles. The zero-order chi connectivity index (χ0) is 10.1. The summed E-state index contributed by atoms with van der Waals surface area (Å²) >= 11 is 0. The van der Waals surface area contributed by atoms with Crippen LogP contribution in [0.3, 0.4) is 0 Å². The van der Waals surface area contributed by atoms with Crippen molar-refractivity contribution >= 4 is 0 Å². The Hall–Kier alpha value is -0.940. The van der Waals surface area contributed by atoms with E-state index in [0.717, 1.165) is 25.0 Å². The van der Waals surface area contributed by atoms with Gasteiger partial charge in [0, 0.05) is 6.04 Å². The van der Waals surface area contributed by atoms with E-state index in [2.05, 4.69) is 10.3 Å². The molecule has 0 amide bonds. The number of nitrogens with two attached hydrogens (primary N) is 1. The maximum Gasteiger partial charge on any atom is 0.0991 e. The fourth-order valence-corrected chi connectivity index (χ4v) is 1.89. The molecule has 1 fully saturated rings. The van der Waals surface area contributed by atoms with E-state index in [1.807, 2.05) is 13.1 Å². The lowest BCUT2D eigenvalue weighted by atomic mass is 10.2. The molecule has 0 bridgehead atoms. The van der Waals surface area contributed by atoms with Gasteiger partial charge < -0.3 is 10.8 Å². The van der Waals surface area contributed by atoms with Gasteiger partial charge >= 0.3 is 0 Å². The first kappa shape index (κ1) is 9.61. The van der Waals surface area contributed by atoms with Crippen LogP contribution in [-0.2, 0) is 0 Å². The van der Waals surface area contributed by atoms with E-state index in [-0.39, 0.29) is 18.2 Å². The van der Waals surface area contributed by atoms with Crippen molar-refractivity contribution in [2.45, 2.75) is 44.4 Å². The summed E-state index contributed by atoms with van der Waals surface area (Å²) in [6.07, 6.45) is 4.45. The summed E-state index contributed by atoms with van der Waals surface area (Å²) in [5.41, 5.74) is 6.46. The van der Waals surface area contributed by atoms with Gasteiger partial charge in [0.2, 0.25) is 0 Å². The Labute approximate surface area is 82.9 Å². The van der Waals surface area contributed by atoms with Crippen molar-refractivity contribution in [1.29, 1.82) is 0 Å². The number of rotatable bonds is 2. The highest BCUT2D eigenvalue weighted by atomic mass is 16.3. The molecule has 5 heteroatoms. The third kappa shape index (κ3) is 1.65. The van der Waals surface area contributed by atoms with Crippen LogP contribution in [0, 0.1) is 0 Å². The van der Waals surface area contributed by atoms with Crippen LogP contribution in [0.4, 0.5) is 0 Å². The molecule has 1 heterocycles. The van der Waals surface area contributed by atoms with Crippen LogP contribution in [0.15, 0.2) is 6.20 Å². The normalized spacial score (nSPS) is 29.4. The monoisotopic (exact) mass is 196 g/mol. The molecule has 5 nitrogen and oxygen atoms in total. The van der Waals surface area contributed by atoms with E-state index in [4.69, 9.17) is 5.73 Å². The van der Waals surface area contributed by atoms with Crippen molar-refractivity contribution in [3.8, 4) is 0 Å². The zero-order valence-electron chi connectivity index (χ0n) is 8.30. The van der Waals surface area contributed by atoms with Gasteiger partial charge in [-0.3, -0.25) is 0 Å². The van der Waals surface area contributed by atoms with Crippen LogP contribution in [0.5, 0.6) is 0 Å². The smallest absolute Gasteiger partial charge is 0.0991 e. The third-order valence-corrected chi connectivity index (χ3v) is 2.78. The second-order valence-corrected chi connectivity index (χ2v) is 3.98. The van der Waals surface area contributed by atoms with Crippen molar-refractivity contribution < 1.29 is 5.11 Å². The standard InChI is InChI=1S/C9H16N4O/c1-6(10)7-5-13(12-11-7)8-3-2-4-9(8)14/h5-6,8-9,14H,2-4,10H2,1H3. The average Bonchev–Trinajstić information content (AvgIpc) is 2.71. The Balaban J connectivity index is 2.16. The molecule has 0 aromatic carbocycles. The Kier molecular flexibility index (Phi) is 2.52. The van der Waals surface area contributed by atoms with Crippen LogP contribution in [0.2, 0.25) is 0 Å². The van der Waals surface area contributed by atoms with Crippen LogP contribution in [0.25, 0.3) is 0 Å². The molecule has 1 aromatic rings. The molecule has 1 aliphatic rings. The number of aliphatic hydroxyl groups is 1. The van der Waals surface area contributed by atoms with Gasteiger partial charge in [0.25, 0.3) is 0 Å². The lowest BCUT2D eigenvalue weighted by molar-refractivity contribution is 0.129. The molecule has 3 N–H and O–H groups in total. The summed E-state index contributed by atoms with van der Waals surface area (Å²) in [4.78, 5) is 0. The van der Waals surface area contributed by atoms with Gasteiger partial charge in [-0.25, -0.2) is 4.68 Å². The van der Waals surface area contributed by atoms with E-state index >= 15 is 0 Å². The van der Waals surface area contributed by atoms with Gasteiger partial charge in [-0.05, 0) is 26.2 Å². The quantitative estimate of drug-likeness (QED) is 0.717. The lowest BCUT2D eigenvalue weighted by Crippen LogP contribution is -2.18. The van der Waals surface area contributed by atoms with Crippen LogP contribution in [0.1, 0.15) is 44.0 Å². The third-order valence-electron chi connectivity index (χ3n) is 2.78. The number of nitrogens with zero attached hydrogens (tertiary/aromatic N) is 3. The molecule has 3 atom stereocenters. The fourth-order valence-electron chi connectivity index (χ4n) is 1.89. The molecule has 0 spiro atoms. The first-order valence-electron chi connectivity index (χ1n) is 5.04. The van der Waals surface area contributed by atoms with Gasteiger partial charge in [-0.1, -0.05) is 5.21 Å². The minimum absolute atomic E-state index is 0.0926. The summed E-state index contributed by atoms with van der Waals surface area (Å²) < 4.78 is 1.75. The predicted molar refractivity (Wildman–Crippen MR) is 51.5 cm³/mol. The average molecular weight is 196 g/mol. The topological polar surface area (TPSA) is 77.0 Å². The summed E-state index contributed by atoms with van der Waals surface area (Å²) in [6, 6.07) is -0.00250. The van der Waals surface area contributed by atoms with Crippen LogP contribution < -0.4 is 5.73 Å². The lowest BCUT2D eigenvalue weighted by Gasteiger charge is -2.13. The van der Waals surface area contributed by atoms with Crippen LogP contribution >= 0.6 is 0 Å². The first-order valence-corrected chi connectivity index (χ1v) is 5.04.